The van der Waals surface area contributed by atoms with Crippen LogP contribution in [0.4, 0.5) is 4.79 Å². The van der Waals surface area contributed by atoms with Crippen molar-refractivity contribution in [3.8, 4) is 0 Å². The summed E-state index contributed by atoms with van der Waals surface area (Å²) in [5.41, 5.74) is 0. The van der Waals surface area contributed by atoms with E-state index in [4.69, 9.17) is 5.11 Å². The summed E-state index contributed by atoms with van der Waals surface area (Å²) in [5, 5.41) is 12.0. The molecule has 2 amide bonds. The minimum Gasteiger partial charge on any atom is -0.481 e. The molecular formula is C14H26N2O3. The first-order chi connectivity index (χ1) is 8.97. The average molecular weight is 270 g/mol. The summed E-state index contributed by atoms with van der Waals surface area (Å²) in [7, 11) is 0. The molecule has 3 atom stereocenters. The third-order valence-corrected chi connectivity index (χ3v) is 3.94. The van der Waals surface area contributed by atoms with Gasteiger partial charge in [-0.2, -0.15) is 0 Å². The van der Waals surface area contributed by atoms with E-state index in [1.807, 2.05) is 13.8 Å². The number of hydrogen-bond acceptors (Lipinski definition) is 2. The second-order valence-corrected chi connectivity index (χ2v) is 5.51. The van der Waals surface area contributed by atoms with Crippen LogP contribution in [-0.4, -0.2) is 40.6 Å². The van der Waals surface area contributed by atoms with Gasteiger partial charge >= 0.3 is 12.0 Å². The van der Waals surface area contributed by atoms with Crippen molar-refractivity contribution in [1.29, 1.82) is 0 Å². The third-order valence-electron chi connectivity index (χ3n) is 3.94. The maximum Gasteiger partial charge on any atom is 0.317 e. The molecule has 2 N–H and O–H groups in total. The van der Waals surface area contributed by atoms with Gasteiger partial charge in [-0.05, 0) is 26.7 Å². The van der Waals surface area contributed by atoms with Crippen molar-refractivity contribution in [3.05, 3.63) is 0 Å². The third kappa shape index (κ3) is 4.40. The SMILES string of the molecule is CCCCCC(C)NC(=O)N1CCC(C(=O)O)C1C. The molecule has 0 bridgehead atoms. The first-order valence-corrected chi connectivity index (χ1v) is 7.27. The zero-order valence-electron chi connectivity index (χ0n) is 12.2. The molecule has 1 rings (SSSR count). The Morgan fingerprint density at radius 2 is 2.11 bits per heavy atom. The maximum absolute atomic E-state index is 12.1. The van der Waals surface area contributed by atoms with Gasteiger partial charge in [0.15, 0.2) is 0 Å². The van der Waals surface area contributed by atoms with Crippen LogP contribution in [0, 0.1) is 5.92 Å². The Balaban J connectivity index is 2.39. The highest BCUT2D eigenvalue weighted by atomic mass is 16.4. The van der Waals surface area contributed by atoms with E-state index < -0.39 is 11.9 Å². The Hall–Kier alpha value is -1.26. The highest BCUT2D eigenvalue weighted by molar-refractivity contribution is 5.78. The number of urea groups is 1. The van der Waals surface area contributed by atoms with E-state index in [2.05, 4.69) is 12.2 Å². The predicted molar refractivity (Wildman–Crippen MR) is 74.0 cm³/mol. The fourth-order valence-corrected chi connectivity index (χ4v) is 2.62. The molecule has 5 heteroatoms. The number of carbonyl (C=O) groups is 2. The molecule has 0 aromatic rings. The highest BCUT2D eigenvalue weighted by Gasteiger charge is 2.38. The molecule has 1 fully saturated rings. The van der Waals surface area contributed by atoms with Crippen LogP contribution in [0.25, 0.3) is 0 Å². The molecule has 0 aliphatic carbocycles. The number of nitrogens with zero attached hydrogens (tertiary/aromatic N) is 1. The summed E-state index contributed by atoms with van der Waals surface area (Å²) >= 11 is 0. The van der Waals surface area contributed by atoms with E-state index in [0.29, 0.717) is 13.0 Å². The van der Waals surface area contributed by atoms with Crippen molar-refractivity contribution in [3.63, 3.8) is 0 Å². The highest BCUT2D eigenvalue weighted by Crippen LogP contribution is 2.24. The van der Waals surface area contributed by atoms with Crippen LogP contribution in [0.1, 0.15) is 52.9 Å². The number of nitrogens with one attached hydrogen (secondary N) is 1. The molecule has 1 aliphatic rings. The molecule has 1 aliphatic heterocycles. The van der Waals surface area contributed by atoms with Crippen LogP contribution in [0.2, 0.25) is 0 Å². The Bertz CT molecular complexity index is 320. The van der Waals surface area contributed by atoms with E-state index in [0.717, 1.165) is 12.8 Å². The number of carboxylic acid groups (broad SMARTS) is 1. The molecule has 0 aromatic carbocycles. The molecule has 19 heavy (non-hydrogen) atoms. The summed E-state index contributed by atoms with van der Waals surface area (Å²) in [6.45, 7) is 6.50. The van der Waals surface area contributed by atoms with E-state index in [-0.39, 0.29) is 18.1 Å². The van der Waals surface area contributed by atoms with Crippen LogP contribution >= 0.6 is 0 Å². The molecule has 3 unspecified atom stereocenters. The molecule has 0 radical (unpaired) electrons. The van der Waals surface area contributed by atoms with Gasteiger partial charge in [-0.3, -0.25) is 4.79 Å². The first kappa shape index (κ1) is 15.8. The van der Waals surface area contributed by atoms with Crippen molar-refractivity contribution in [2.24, 2.45) is 5.92 Å². The minimum absolute atomic E-state index is 0.125. The Kier molecular flexibility index (Phi) is 6.12. The summed E-state index contributed by atoms with van der Waals surface area (Å²) in [5.74, 6) is -1.24. The summed E-state index contributed by atoms with van der Waals surface area (Å²) in [4.78, 5) is 24.8. The van der Waals surface area contributed by atoms with Gasteiger partial charge < -0.3 is 15.3 Å². The first-order valence-electron chi connectivity index (χ1n) is 7.27. The fraction of sp³-hybridized carbons (Fsp3) is 0.857. The summed E-state index contributed by atoms with van der Waals surface area (Å²) in [6, 6.07) is -0.198. The lowest BCUT2D eigenvalue weighted by atomic mass is 10.0. The molecule has 110 valence electrons. The zero-order valence-corrected chi connectivity index (χ0v) is 12.2. The second kappa shape index (κ2) is 7.36. The Morgan fingerprint density at radius 3 is 2.63 bits per heavy atom. The van der Waals surface area contributed by atoms with Gasteiger partial charge in [0.2, 0.25) is 0 Å². The van der Waals surface area contributed by atoms with Crippen molar-refractivity contribution < 1.29 is 14.7 Å². The number of unbranched alkanes of at least 4 members (excludes halogenated alkanes) is 2. The van der Waals surface area contributed by atoms with Crippen LogP contribution < -0.4 is 5.32 Å². The van der Waals surface area contributed by atoms with Crippen molar-refractivity contribution in [2.45, 2.75) is 65.0 Å². The lowest BCUT2D eigenvalue weighted by Crippen LogP contribution is -2.46. The average Bonchev–Trinajstić information content (AvgIpc) is 2.71. The van der Waals surface area contributed by atoms with Crippen LogP contribution in [0.15, 0.2) is 0 Å². The molecule has 5 nitrogen and oxygen atoms in total. The fourth-order valence-electron chi connectivity index (χ4n) is 2.62. The molecule has 1 heterocycles. The van der Waals surface area contributed by atoms with Crippen molar-refractivity contribution >= 4 is 12.0 Å². The van der Waals surface area contributed by atoms with Gasteiger partial charge in [0.1, 0.15) is 0 Å². The summed E-state index contributed by atoms with van der Waals surface area (Å²) < 4.78 is 0. The zero-order chi connectivity index (χ0) is 14.4. The molecule has 0 saturated carbocycles. The Morgan fingerprint density at radius 1 is 1.42 bits per heavy atom. The Labute approximate surface area is 115 Å². The van der Waals surface area contributed by atoms with Gasteiger partial charge in [0.25, 0.3) is 0 Å². The second-order valence-electron chi connectivity index (χ2n) is 5.51. The van der Waals surface area contributed by atoms with Gasteiger partial charge in [-0.25, -0.2) is 4.79 Å². The topological polar surface area (TPSA) is 69.6 Å². The number of carbonyl (C=O) groups excluding carboxylic acids is 1. The number of hydrogen-bond donors (Lipinski definition) is 2. The number of likely N-dealkylation sites (tertiary alicyclic amines) is 1. The van der Waals surface area contributed by atoms with E-state index in [1.165, 1.54) is 12.8 Å². The van der Waals surface area contributed by atoms with Gasteiger partial charge in [0.05, 0.1) is 5.92 Å². The largest absolute Gasteiger partial charge is 0.481 e. The van der Waals surface area contributed by atoms with E-state index >= 15 is 0 Å². The molecular weight excluding hydrogens is 244 g/mol. The summed E-state index contributed by atoms with van der Waals surface area (Å²) in [6.07, 6.45) is 5.00. The van der Waals surface area contributed by atoms with Crippen molar-refractivity contribution in [2.75, 3.05) is 6.54 Å². The van der Waals surface area contributed by atoms with E-state index in [1.54, 1.807) is 4.90 Å². The number of aliphatic carboxylic acids is 1. The lowest BCUT2D eigenvalue weighted by molar-refractivity contribution is -0.142. The number of rotatable bonds is 6. The lowest BCUT2D eigenvalue weighted by Gasteiger charge is -2.25. The predicted octanol–water partition coefficient (Wildman–Crippen LogP) is 2.46. The standard InChI is InChI=1S/C14H26N2O3/c1-4-5-6-7-10(2)15-14(19)16-9-8-12(11(16)3)13(17)18/h10-12H,4-9H2,1-3H3,(H,15,19)(H,17,18). The maximum atomic E-state index is 12.1. The van der Waals surface area contributed by atoms with Crippen LogP contribution in [-0.2, 0) is 4.79 Å². The quantitative estimate of drug-likeness (QED) is 0.728. The number of carboxylic acids is 1. The molecule has 1 saturated heterocycles. The van der Waals surface area contributed by atoms with E-state index in [9.17, 15) is 9.59 Å². The van der Waals surface area contributed by atoms with Crippen LogP contribution in [0.3, 0.4) is 0 Å². The van der Waals surface area contributed by atoms with Crippen molar-refractivity contribution in [1.82, 2.24) is 10.2 Å². The van der Waals surface area contributed by atoms with Crippen LogP contribution in [0.5, 0.6) is 0 Å². The molecule has 0 aromatic heterocycles. The number of amides is 2. The minimum atomic E-state index is -0.807. The monoisotopic (exact) mass is 270 g/mol. The van der Waals surface area contributed by atoms with Gasteiger partial charge in [0, 0.05) is 18.6 Å². The normalized spacial score (nSPS) is 24.3. The van der Waals surface area contributed by atoms with Gasteiger partial charge in [-0.15, -0.1) is 0 Å². The van der Waals surface area contributed by atoms with Gasteiger partial charge in [-0.1, -0.05) is 26.2 Å². The molecule has 0 spiro atoms. The smallest absolute Gasteiger partial charge is 0.317 e.